The van der Waals surface area contributed by atoms with Gasteiger partial charge < -0.3 is 54.3 Å². The lowest BCUT2D eigenvalue weighted by Crippen LogP contribution is -2.65. The number of methoxy groups -OCH3 is 1. The first-order chi connectivity index (χ1) is 22.2. The molecule has 254 valence electrons. The molecule has 6 N–H and O–H groups in total. The van der Waals surface area contributed by atoms with Gasteiger partial charge in [-0.15, -0.1) is 0 Å². The van der Waals surface area contributed by atoms with Crippen molar-refractivity contribution in [1.82, 2.24) is 0 Å². The van der Waals surface area contributed by atoms with E-state index in [9.17, 15) is 45.0 Å². The number of rotatable bonds is 6. The van der Waals surface area contributed by atoms with Crippen LogP contribution in [-0.4, -0.2) is 116 Å². The quantitative estimate of drug-likeness (QED) is 0.240. The summed E-state index contributed by atoms with van der Waals surface area (Å²) < 4.78 is 29.6. The Labute approximate surface area is 269 Å². The number of aromatic hydroxyl groups is 2. The highest BCUT2D eigenvalue weighted by Gasteiger charge is 2.65. The van der Waals surface area contributed by atoms with Gasteiger partial charge in [0.15, 0.2) is 29.7 Å². The van der Waals surface area contributed by atoms with Crippen LogP contribution < -0.4 is 0 Å². The van der Waals surface area contributed by atoms with Gasteiger partial charge in [-0.3, -0.25) is 14.4 Å². The molecular weight excluding hydrogens is 620 g/mol. The minimum atomic E-state index is -2.49. The molecule has 14 heteroatoms. The van der Waals surface area contributed by atoms with Crippen LogP contribution in [0.1, 0.15) is 49.5 Å². The van der Waals surface area contributed by atoms with Crippen LogP contribution in [0.3, 0.4) is 0 Å². The molecule has 2 aromatic carbocycles. The summed E-state index contributed by atoms with van der Waals surface area (Å²) in [4.78, 5) is 41.1. The molecule has 14 nitrogen and oxygen atoms in total. The van der Waals surface area contributed by atoms with Crippen molar-refractivity contribution in [3.63, 3.8) is 0 Å². The van der Waals surface area contributed by atoms with Crippen molar-refractivity contribution in [3.05, 3.63) is 46.7 Å². The maximum absolute atomic E-state index is 14.8. The predicted octanol–water partition coefficient (Wildman–Crippen LogP) is 1.10. The average Bonchev–Trinajstić information content (AvgIpc) is 2.99. The zero-order chi connectivity index (χ0) is 34.1. The molecule has 0 amide bonds. The average molecular weight is 659 g/mol. The third-order valence-corrected chi connectivity index (χ3v) is 9.76. The normalized spacial score (nSPS) is 37.5. The molecule has 0 unspecified atom stereocenters. The second-order valence-electron chi connectivity index (χ2n) is 12.7. The van der Waals surface area contributed by atoms with E-state index in [4.69, 9.17) is 23.7 Å². The van der Waals surface area contributed by atoms with E-state index in [1.165, 1.54) is 20.1 Å². The molecule has 0 aromatic heterocycles. The van der Waals surface area contributed by atoms with E-state index in [1.54, 1.807) is 25.1 Å². The summed E-state index contributed by atoms with van der Waals surface area (Å²) in [7, 11) is 1.22. The molecule has 4 aliphatic rings. The maximum atomic E-state index is 14.8. The molecule has 2 aliphatic carbocycles. The first-order valence-electron chi connectivity index (χ1n) is 15.4. The van der Waals surface area contributed by atoms with Gasteiger partial charge in [-0.1, -0.05) is 18.2 Å². The van der Waals surface area contributed by atoms with Gasteiger partial charge in [-0.05, 0) is 44.2 Å². The number of aliphatic hydroxyl groups excluding tert-OH is 4. The second-order valence-corrected chi connectivity index (χ2v) is 12.7. The molecule has 0 saturated carbocycles. The second kappa shape index (κ2) is 12.2. The lowest BCUT2D eigenvalue weighted by molar-refractivity contribution is -0.318. The number of ether oxygens (including phenoxy) is 5. The summed E-state index contributed by atoms with van der Waals surface area (Å²) in [6.07, 6.45) is -10.7. The van der Waals surface area contributed by atoms with Crippen LogP contribution in [-0.2, 0) is 39.7 Å². The number of carbonyl (C=O) groups is 3. The van der Waals surface area contributed by atoms with Crippen LogP contribution in [0.15, 0.2) is 35.6 Å². The molecule has 47 heavy (non-hydrogen) atoms. The third-order valence-electron chi connectivity index (χ3n) is 9.76. The molecule has 2 heterocycles. The molecule has 0 spiro atoms. The fraction of sp³-hybridized carbons (Fsp3) is 0.545. The minimum absolute atomic E-state index is 0.0215. The summed E-state index contributed by atoms with van der Waals surface area (Å²) in [6.45, 7) is 4.12. The van der Waals surface area contributed by atoms with E-state index in [1.807, 2.05) is 0 Å². The number of phenolic OH excluding ortho intramolecular Hbond substituents is 2. The van der Waals surface area contributed by atoms with Crippen molar-refractivity contribution in [2.75, 3.05) is 7.11 Å². The molecule has 2 fully saturated rings. The maximum Gasteiger partial charge on any atom is 0.207 e. The Kier molecular flexibility index (Phi) is 8.68. The lowest BCUT2D eigenvalue weighted by Gasteiger charge is -2.50. The summed E-state index contributed by atoms with van der Waals surface area (Å²) in [6, 6.07) is 6.11. The lowest BCUT2D eigenvalue weighted by atomic mass is 9.62. The zero-order valence-electron chi connectivity index (χ0n) is 26.2. The molecule has 0 radical (unpaired) electrons. The van der Waals surface area contributed by atoms with E-state index >= 15 is 0 Å². The van der Waals surface area contributed by atoms with Crippen LogP contribution in [0.4, 0.5) is 0 Å². The van der Waals surface area contributed by atoms with E-state index in [0.717, 1.165) is 6.92 Å². The van der Waals surface area contributed by atoms with Crippen LogP contribution in [0.5, 0.6) is 11.5 Å². The third kappa shape index (κ3) is 5.23. The molecule has 2 aliphatic heterocycles. The Morgan fingerprint density at radius 1 is 0.979 bits per heavy atom. The Hall–Kier alpha value is -3.47. The highest BCUT2D eigenvalue weighted by Crippen LogP contribution is 2.52. The van der Waals surface area contributed by atoms with E-state index in [-0.39, 0.29) is 36.0 Å². The molecular formula is C33H38O14. The molecule has 2 aromatic rings. The Morgan fingerprint density at radius 2 is 1.66 bits per heavy atom. The number of fused-ring (bicyclic) bond motifs is 3. The van der Waals surface area contributed by atoms with Crippen LogP contribution in [0, 0.1) is 5.92 Å². The first-order valence-corrected chi connectivity index (χ1v) is 15.4. The number of hydrogen-bond acceptors (Lipinski definition) is 14. The van der Waals surface area contributed by atoms with E-state index < -0.39 is 101 Å². The van der Waals surface area contributed by atoms with Crippen LogP contribution >= 0.6 is 0 Å². The number of hydrogen-bond donors (Lipinski definition) is 6. The van der Waals surface area contributed by atoms with Gasteiger partial charge in [-0.25, -0.2) is 0 Å². The highest BCUT2D eigenvalue weighted by atomic mass is 16.7. The van der Waals surface area contributed by atoms with Crippen molar-refractivity contribution < 1.29 is 68.7 Å². The first kappa shape index (κ1) is 33.4. The van der Waals surface area contributed by atoms with Gasteiger partial charge in [0.2, 0.25) is 5.78 Å². The highest BCUT2D eigenvalue weighted by molar-refractivity contribution is 6.25. The summed E-state index contributed by atoms with van der Waals surface area (Å²) >= 11 is 0. The van der Waals surface area contributed by atoms with E-state index in [2.05, 4.69) is 0 Å². The standard InChI is InChI=1S/C33H38O14/c1-12(34)23-29(40)30(43-4)17-9-16-8-15-6-5-7-18(35)24(15)28(39)25(16)32(42)33(17,31(23)41)47-22-11-20(27(38)14(3)45-22)46-21-10-19(36)26(37)13(2)44-21/h5-8,13-14,17,19-22,26-27,30,35-39,41H,9-11H2,1-4H3/t13-,14-,17-,19-,20-,21+,22+,26+,27-,30-,33-/m1/s1. The van der Waals surface area contributed by atoms with Crippen molar-refractivity contribution in [3.8, 4) is 11.5 Å². The van der Waals surface area contributed by atoms with Gasteiger partial charge >= 0.3 is 0 Å². The Bertz CT molecular complexity index is 1640. The zero-order valence-corrected chi connectivity index (χ0v) is 26.2. The monoisotopic (exact) mass is 658 g/mol. The largest absolute Gasteiger partial charge is 0.508 e. The van der Waals surface area contributed by atoms with E-state index in [0.29, 0.717) is 10.9 Å². The SMILES string of the molecule is CO[C@H]1C(=O)C(C(C)=O)=C(O)[C@@]2(O[C@H]3C[C@@H](O[C@H]4C[C@@H](O)[C@@H](O)[C@@H](C)O4)[C@H](O)[C@@H](C)O3)C(=O)c3c(cc4cccc(O)c4c3O)C[C@H]12. The smallest absolute Gasteiger partial charge is 0.207 e. The topological polar surface area (TPSA) is 219 Å². The fourth-order valence-electron chi connectivity index (χ4n) is 7.39. The van der Waals surface area contributed by atoms with Crippen molar-refractivity contribution in [1.29, 1.82) is 0 Å². The van der Waals surface area contributed by atoms with Crippen molar-refractivity contribution in [2.24, 2.45) is 5.92 Å². The molecule has 2 saturated heterocycles. The Balaban J connectivity index is 1.45. The number of aliphatic hydroxyl groups is 4. The molecule has 0 bridgehead atoms. The van der Waals surface area contributed by atoms with Crippen LogP contribution in [0.25, 0.3) is 10.8 Å². The van der Waals surface area contributed by atoms with Crippen molar-refractivity contribution >= 4 is 28.1 Å². The fourth-order valence-corrected chi connectivity index (χ4v) is 7.39. The van der Waals surface area contributed by atoms with Gasteiger partial charge in [-0.2, -0.15) is 0 Å². The summed E-state index contributed by atoms with van der Waals surface area (Å²) in [5, 5.41) is 65.5. The number of benzene rings is 2. The van der Waals surface area contributed by atoms with Gasteiger partial charge in [0.05, 0.1) is 35.4 Å². The number of Topliss-reactive ketones (excluding diaryl/α,β-unsaturated/α-hetero) is 3. The number of ketones is 3. The predicted molar refractivity (Wildman–Crippen MR) is 160 cm³/mol. The Morgan fingerprint density at radius 3 is 2.32 bits per heavy atom. The van der Waals surface area contributed by atoms with Crippen LogP contribution in [0.2, 0.25) is 0 Å². The number of carbonyl (C=O) groups excluding carboxylic acids is 3. The van der Waals surface area contributed by atoms with Gasteiger partial charge in [0.25, 0.3) is 0 Å². The number of phenols is 2. The minimum Gasteiger partial charge on any atom is -0.508 e. The molecule has 6 rings (SSSR count). The summed E-state index contributed by atoms with van der Waals surface area (Å²) in [5.74, 6) is -5.81. The summed E-state index contributed by atoms with van der Waals surface area (Å²) in [5.41, 5.74) is -3.20. The van der Waals surface area contributed by atoms with Crippen molar-refractivity contribution in [2.45, 2.75) is 101 Å². The molecule has 11 atom stereocenters. The van der Waals surface area contributed by atoms with Gasteiger partial charge in [0.1, 0.15) is 41.1 Å². The van der Waals surface area contributed by atoms with Gasteiger partial charge in [0, 0.05) is 25.9 Å².